The molecule has 1 atom stereocenters. The molecule has 0 spiro atoms. The van der Waals surface area contributed by atoms with Gasteiger partial charge in [0, 0.05) is 37.2 Å². The summed E-state index contributed by atoms with van der Waals surface area (Å²) in [7, 11) is 2.03. The van der Waals surface area contributed by atoms with Gasteiger partial charge < -0.3 is 14.7 Å². The van der Waals surface area contributed by atoms with Gasteiger partial charge in [-0.3, -0.25) is 0 Å². The largest absolute Gasteiger partial charge is 0.356 e. The summed E-state index contributed by atoms with van der Waals surface area (Å²) in [6, 6.07) is 14.1. The Hall–Kier alpha value is -2.73. The highest BCUT2D eigenvalue weighted by molar-refractivity contribution is 5.57. The van der Waals surface area contributed by atoms with E-state index < -0.39 is 0 Å². The Morgan fingerprint density at radius 3 is 2.81 bits per heavy atom. The highest BCUT2D eigenvalue weighted by atomic mass is 16.5. The van der Waals surface area contributed by atoms with Gasteiger partial charge in [0.1, 0.15) is 17.3 Å². The van der Waals surface area contributed by atoms with E-state index in [9.17, 15) is 0 Å². The topological polar surface area (TPSA) is 67.1 Å². The van der Waals surface area contributed by atoms with Gasteiger partial charge in [-0.05, 0) is 26.3 Å². The quantitative estimate of drug-likeness (QED) is 0.748. The third-order valence-corrected chi connectivity index (χ3v) is 4.97. The van der Waals surface area contributed by atoms with Crippen LogP contribution in [-0.2, 0) is 6.54 Å². The van der Waals surface area contributed by atoms with Crippen molar-refractivity contribution in [3.63, 3.8) is 0 Å². The molecule has 1 aliphatic heterocycles. The number of rotatable bonds is 5. The molecule has 3 heterocycles. The normalized spacial score (nSPS) is 17.0. The van der Waals surface area contributed by atoms with Crippen molar-refractivity contribution in [3.8, 4) is 11.3 Å². The van der Waals surface area contributed by atoms with E-state index in [0.717, 1.165) is 47.4 Å². The van der Waals surface area contributed by atoms with E-state index in [1.54, 1.807) is 0 Å². The number of hydrogen-bond donors (Lipinski definition) is 1. The van der Waals surface area contributed by atoms with E-state index >= 15 is 0 Å². The van der Waals surface area contributed by atoms with Crippen LogP contribution in [0.3, 0.4) is 0 Å². The fourth-order valence-corrected chi connectivity index (χ4v) is 3.53. The lowest BCUT2D eigenvalue weighted by Gasteiger charge is -2.24. The van der Waals surface area contributed by atoms with E-state index in [0.29, 0.717) is 12.5 Å². The fourth-order valence-electron chi connectivity index (χ4n) is 3.53. The molecule has 1 fully saturated rings. The number of nitrogens with zero attached hydrogens (tertiary/aromatic N) is 4. The zero-order valence-electron chi connectivity index (χ0n) is 15.9. The molecule has 1 aliphatic rings. The number of aryl methyl sites for hydroxylation is 1. The lowest BCUT2D eigenvalue weighted by Crippen LogP contribution is -2.29. The molecule has 1 saturated heterocycles. The van der Waals surface area contributed by atoms with Crippen molar-refractivity contribution in [1.82, 2.24) is 20.4 Å². The standard InChI is InChI=1S/C21H25N5O/c1-15-23-19(17-9-6-10-22-13-17)12-21(24-15)26(2)14-18-11-20(27-25-18)16-7-4-3-5-8-16/h3-5,7-8,11-12,17,22H,6,9-10,13-14H2,1-2H3/t17-/m0/s1. The number of anilines is 1. The average Bonchev–Trinajstić information content (AvgIpc) is 3.17. The maximum atomic E-state index is 5.51. The molecule has 0 aliphatic carbocycles. The summed E-state index contributed by atoms with van der Waals surface area (Å²) >= 11 is 0. The van der Waals surface area contributed by atoms with E-state index in [2.05, 4.69) is 31.4 Å². The van der Waals surface area contributed by atoms with Gasteiger partial charge >= 0.3 is 0 Å². The molecular formula is C21H25N5O. The van der Waals surface area contributed by atoms with Crippen LogP contribution in [0.25, 0.3) is 11.3 Å². The van der Waals surface area contributed by atoms with Gasteiger partial charge in [0.2, 0.25) is 0 Å². The van der Waals surface area contributed by atoms with Crippen molar-refractivity contribution in [1.29, 1.82) is 0 Å². The molecule has 0 radical (unpaired) electrons. The summed E-state index contributed by atoms with van der Waals surface area (Å²) in [4.78, 5) is 11.4. The Morgan fingerprint density at radius 2 is 2.04 bits per heavy atom. The van der Waals surface area contributed by atoms with E-state index in [1.165, 1.54) is 12.8 Å². The maximum Gasteiger partial charge on any atom is 0.167 e. The van der Waals surface area contributed by atoms with E-state index in [4.69, 9.17) is 4.52 Å². The smallest absolute Gasteiger partial charge is 0.167 e. The van der Waals surface area contributed by atoms with E-state index in [1.807, 2.05) is 50.4 Å². The Bertz CT molecular complexity index is 887. The summed E-state index contributed by atoms with van der Waals surface area (Å²) in [6.45, 7) is 4.68. The molecule has 3 aromatic rings. The van der Waals surface area contributed by atoms with Crippen LogP contribution in [0.4, 0.5) is 5.82 Å². The molecule has 140 valence electrons. The van der Waals surface area contributed by atoms with Gasteiger partial charge in [-0.25, -0.2) is 9.97 Å². The average molecular weight is 363 g/mol. The Kier molecular flexibility index (Phi) is 5.16. The van der Waals surface area contributed by atoms with Crippen molar-refractivity contribution in [3.05, 3.63) is 59.7 Å². The summed E-state index contributed by atoms with van der Waals surface area (Å²) in [6.07, 6.45) is 2.37. The van der Waals surface area contributed by atoms with Gasteiger partial charge in [-0.2, -0.15) is 0 Å². The Morgan fingerprint density at radius 1 is 1.19 bits per heavy atom. The van der Waals surface area contributed by atoms with Gasteiger partial charge in [0.15, 0.2) is 5.76 Å². The lowest BCUT2D eigenvalue weighted by molar-refractivity contribution is 0.423. The highest BCUT2D eigenvalue weighted by Gasteiger charge is 2.19. The van der Waals surface area contributed by atoms with Crippen LogP contribution in [0.5, 0.6) is 0 Å². The number of nitrogens with one attached hydrogen (secondary N) is 1. The molecular weight excluding hydrogens is 338 g/mol. The van der Waals surface area contributed by atoms with Gasteiger partial charge in [0.05, 0.1) is 12.2 Å². The molecule has 2 aromatic heterocycles. The molecule has 27 heavy (non-hydrogen) atoms. The minimum atomic E-state index is 0.462. The molecule has 6 nitrogen and oxygen atoms in total. The minimum Gasteiger partial charge on any atom is -0.356 e. The molecule has 0 unspecified atom stereocenters. The molecule has 0 saturated carbocycles. The van der Waals surface area contributed by atoms with Crippen molar-refractivity contribution >= 4 is 5.82 Å². The van der Waals surface area contributed by atoms with Crippen LogP contribution in [0.15, 0.2) is 47.0 Å². The van der Waals surface area contributed by atoms with Gasteiger partial charge in [0.25, 0.3) is 0 Å². The Balaban J connectivity index is 1.50. The van der Waals surface area contributed by atoms with Crippen LogP contribution in [0.1, 0.15) is 36.0 Å². The van der Waals surface area contributed by atoms with Crippen LogP contribution in [0, 0.1) is 6.92 Å². The predicted octanol–water partition coefficient (Wildman–Crippen LogP) is 3.54. The number of aromatic nitrogens is 3. The fraction of sp³-hybridized carbons (Fsp3) is 0.381. The minimum absolute atomic E-state index is 0.462. The maximum absolute atomic E-state index is 5.51. The second-order valence-electron chi connectivity index (χ2n) is 7.15. The third-order valence-electron chi connectivity index (χ3n) is 4.97. The van der Waals surface area contributed by atoms with E-state index in [-0.39, 0.29) is 0 Å². The van der Waals surface area contributed by atoms with Crippen molar-refractivity contribution in [2.75, 3.05) is 25.0 Å². The van der Waals surface area contributed by atoms with Crippen molar-refractivity contribution in [2.24, 2.45) is 0 Å². The molecule has 1 N–H and O–H groups in total. The summed E-state index contributed by atoms with van der Waals surface area (Å²) < 4.78 is 5.51. The molecule has 6 heteroatoms. The first-order valence-corrected chi connectivity index (χ1v) is 9.47. The van der Waals surface area contributed by atoms with Crippen LogP contribution in [0.2, 0.25) is 0 Å². The predicted molar refractivity (Wildman–Crippen MR) is 106 cm³/mol. The zero-order valence-corrected chi connectivity index (χ0v) is 15.9. The zero-order chi connectivity index (χ0) is 18.6. The summed E-state index contributed by atoms with van der Waals surface area (Å²) in [5, 5.41) is 7.69. The second-order valence-corrected chi connectivity index (χ2v) is 7.15. The van der Waals surface area contributed by atoms with Crippen LogP contribution >= 0.6 is 0 Å². The number of hydrogen-bond acceptors (Lipinski definition) is 6. The summed E-state index contributed by atoms with van der Waals surface area (Å²) in [5.74, 6) is 2.98. The first kappa shape index (κ1) is 17.7. The highest BCUT2D eigenvalue weighted by Crippen LogP contribution is 2.25. The first-order chi connectivity index (χ1) is 13.2. The van der Waals surface area contributed by atoms with Crippen LogP contribution in [-0.4, -0.2) is 35.3 Å². The number of benzene rings is 1. The lowest BCUT2D eigenvalue weighted by atomic mass is 9.96. The van der Waals surface area contributed by atoms with Crippen molar-refractivity contribution in [2.45, 2.75) is 32.2 Å². The number of piperidine rings is 1. The molecule has 0 bridgehead atoms. The monoisotopic (exact) mass is 363 g/mol. The Labute approximate surface area is 159 Å². The van der Waals surface area contributed by atoms with Crippen molar-refractivity contribution < 1.29 is 4.52 Å². The SMILES string of the molecule is Cc1nc([C@H]2CCCNC2)cc(N(C)Cc2cc(-c3ccccc3)on2)n1. The van der Waals surface area contributed by atoms with Crippen LogP contribution < -0.4 is 10.2 Å². The first-order valence-electron chi connectivity index (χ1n) is 9.47. The molecule has 4 rings (SSSR count). The molecule has 0 amide bonds. The second kappa shape index (κ2) is 7.88. The summed E-state index contributed by atoms with van der Waals surface area (Å²) in [5.41, 5.74) is 3.04. The molecule has 1 aromatic carbocycles. The van der Waals surface area contributed by atoms with Gasteiger partial charge in [-0.1, -0.05) is 35.5 Å². The van der Waals surface area contributed by atoms with Gasteiger partial charge in [-0.15, -0.1) is 0 Å². The third kappa shape index (κ3) is 4.17.